The summed E-state index contributed by atoms with van der Waals surface area (Å²) in [7, 11) is 1.85. The largest absolute Gasteiger partial charge is 0.339 e. The fourth-order valence-electron chi connectivity index (χ4n) is 2.95. The first-order chi connectivity index (χ1) is 9.18. The number of rotatable bonds is 4. The van der Waals surface area contributed by atoms with Gasteiger partial charge in [-0.05, 0) is 25.0 Å². The van der Waals surface area contributed by atoms with Gasteiger partial charge in [0.1, 0.15) is 0 Å². The minimum atomic E-state index is -0.332. The maximum atomic E-state index is 12.7. The SMILES string of the molecule is CN(Cc1ccccn1)C(=O)C1(CN)CCCCC1. The van der Waals surface area contributed by atoms with Crippen molar-refractivity contribution in [3.05, 3.63) is 30.1 Å². The average molecular weight is 261 g/mol. The van der Waals surface area contributed by atoms with Crippen LogP contribution in [0.1, 0.15) is 37.8 Å². The van der Waals surface area contributed by atoms with E-state index in [1.54, 1.807) is 11.1 Å². The quantitative estimate of drug-likeness (QED) is 0.901. The summed E-state index contributed by atoms with van der Waals surface area (Å²) in [5, 5.41) is 0. The van der Waals surface area contributed by atoms with Crippen LogP contribution < -0.4 is 5.73 Å². The van der Waals surface area contributed by atoms with E-state index in [2.05, 4.69) is 4.98 Å². The van der Waals surface area contributed by atoms with Gasteiger partial charge < -0.3 is 10.6 Å². The summed E-state index contributed by atoms with van der Waals surface area (Å²) in [6.45, 7) is 1.01. The fraction of sp³-hybridized carbons (Fsp3) is 0.600. The molecule has 0 radical (unpaired) electrons. The normalized spacial score (nSPS) is 18.0. The van der Waals surface area contributed by atoms with Crippen molar-refractivity contribution in [1.29, 1.82) is 0 Å². The van der Waals surface area contributed by atoms with Crippen molar-refractivity contribution in [1.82, 2.24) is 9.88 Å². The molecule has 1 heterocycles. The second-order valence-corrected chi connectivity index (χ2v) is 5.53. The molecule has 0 atom stereocenters. The van der Waals surface area contributed by atoms with Gasteiger partial charge >= 0.3 is 0 Å². The van der Waals surface area contributed by atoms with Crippen molar-refractivity contribution < 1.29 is 4.79 Å². The van der Waals surface area contributed by atoms with Crippen molar-refractivity contribution in [3.63, 3.8) is 0 Å². The number of amides is 1. The summed E-state index contributed by atoms with van der Waals surface area (Å²) in [4.78, 5) is 18.7. The van der Waals surface area contributed by atoms with Gasteiger partial charge in [0.05, 0.1) is 17.7 Å². The number of nitrogens with two attached hydrogens (primary N) is 1. The van der Waals surface area contributed by atoms with Gasteiger partial charge in [-0.3, -0.25) is 9.78 Å². The van der Waals surface area contributed by atoms with E-state index < -0.39 is 0 Å². The van der Waals surface area contributed by atoms with Crippen molar-refractivity contribution in [2.45, 2.75) is 38.6 Å². The third-order valence-electron chi connectivity index (χ3n) is 4.13. The predicted octanol–water partition coefficient (Wildman–Crippen LogP) is 1.95. The van der Waals surface area contributed by atoms with Crippen LogP contribution in [-0.2, 0) is 11.3 Å². The Morgan fingerprint density at radius 2 is 2.11 bits per heavy atom. The highest BCUT2D eigenvalue weighted by Gasteiger charge is 2.39. The maximum Gasteiger partial charge on any atom is 0.230 e. The number of nitrogens with zero attached hydrogens (tertiary/aromatic N) is 2. The van der Waals surface area contributed by atoms with E-state index in [0.717, 1.165) is 31.4 Å². The standard InChI is InChI=1S/C15H23N3O/c1-18(11-13-7-3-6-10-17-13)14(19)15(12-16)8-4-2-5-9-15/h3,6-7,10H,2,4-5,8-9,11-12,16H2,1H3. The van der Waals surface area contributed by atoms with Crippen LogP contribution in [0.4, 0.5) is 0 Å². The first-order valence-electron chi connectivity index (χ1n) is 7.03. The van der Waals surface area contributed by atoms with E-state index >= 15 is 0 Å². The molecule has 19 heavy (non-hydrogen) atoms. The molecule has 4 nitrogen and oxygen atoms in total. The zero-order chi connectivity index (χ0) is 13.7. The summed E-state index contributed by atoms with van der Waals surface area (Å²) in [5.74, 6) is 0.181. The molecule has 0 spiro atoms. The van der Waals surface area contributed by atoms with Gasteiger partial charge in [-0.2, -0.15) is 0 Å². The van der Waals surface area contributed by atoms with Gasteiger partial charge in [0, 0.05) is 19.8 Å². The number of hydrogen-bond donors (Lipinski definition) is 1. The predicted molar refractivity (Wildman–Crippen MR) is 75.3 cm³/mol. The van der Waals surface area contributed by atoms with Crippen LogP contribution in [0.5, 0.6) is 0 Å². The average Bonchev–Trinajstić information content (AvgIpc) is 2.48. The molecule has 1 amide bonds. The molecule has 1 aromatic rings. The molecule has 0 aromatic carbocycles. The Bertz CT molecular complexity index is 413. The summed E-state index contributed by atoms with van der Waals surface area (Å²) < 4.78 is 0. The molecule has 0 aliphatic heterocycles. The van der Waals surface area contributed by atoms with Crippen molar-refractivity contribution in [2.75, 3.05) is 13.6 Å². The molecule has 1 aromatic heterocycles. The number of hydrogen-bond acceptors (Lipinski definition) is 3. The van der Waals surface area contributed by atoms with E-state index in [4.69, 9.17) is 5.73 Å². The lowest BCUT2D eigenvalue weighted by molar-refractivity contribution is -0.142. The molecule has 1 fully saturated rings. The molecule has 1 aliphatic rings. The third kappa shape index (κ3) is 3.13. The van der Waals surface area contributed by atoms with Gasteiger partial charge in [-0.25, -0.2) is 0 Å². The summed E-state index contributed by atoms with van der Waals surface area (Å²) >= 11 is 0. The van der Waals surface area contributed by atoms with Gasteiger partial charge in [0.2, 0.25) is 5.91 Å². The van der Waals surface area contributed by atoms with Crippen LogP contribution in [0.15, 0.2) is 24.4 Å². The molecule has 1 aliphatic carbocycles. The van der Waals surface area contributed by atoms with Crippen LogP contribution in [0.3, 0.4) is 0 Å². The van der Waals surface area contributed by atoms with Crippen molar-refractivity contribution in [3.8, 4) is 0 Å². The van der Waals surface area contributed by atoms with Crippen molar-refractivity contribution >= 4 is 5.91 Å². The van der Waals surface area contributed by atoms with Crippen LogP contribution in [0.2, 0.25) is 0 Å². The fourth-order valence-corrected chi connectivity index (χ4v) is 2.95. The highest BCUT2D eigenvalue weighted by atomic mass is 16.2. The van der Waals surface area contributed by atoms with Gasteiger partial charge in [-0.1, -0.05) is 25.3 Å². The Kier molecular flexibility index (Phi) is 4.53. The Morgan fingerprint density at radius 1 is 1.37 bits per heavy atom. The zero-order valence-corrected chi connectivity index (χ0v) is 11.6. The maximum absolute atomic E-state index is 12.7. The van der Waals surface area contributed by atoms with Crippen molar-refractivity contribution in [2.24, 2.45) is 11.1 Å². The van der Waals surface area contributed by atoms with Gasteiger partial charge in [0.15, 0.2) is 0 Å². The van der Waals surface area contributed by atoms with Crippen LogP contribution in [0.25, 0.3) is 0 Å². The van der Waals surface area contributed by atoms with Crippen LogP contribution in [0, 0.1) is 5.41 Å². The first kappa shape index (κ1) is 14.0. The molecular weight excluding hydrogens is 238 g/mol. The van der Waals surface area contributed by atoms with E-state index in [-0.39, 0.29) is 11.3 Å². The second kappa shape index (κ2) is 6.15. The van der Waals surface area contributed by atoms with Crippen LogP contribution >= 0.6 is 0 Å². The van der Waals surface area contributed by atoms with Crippen LogP contribution in [-0.4, -0.2) is 29.4 Å². The molecule has 1 saturated carbocycles. The van der Waals surface area contributed by atoms with E-state index in [1.807, 2.05) is 25.2 Å². The number of carbonyl (C=O) groups excluding carboxylic acids is 1. The second-order valence-electron chi connectivity index (χ2n) is 5.53. The van der Waals surface area contributed by atoms with E-state index in [0.29, 0.717) is 13.1 Å². The Labute approximate surface area is 115 Å². The first-order valence-corrected chi connectivity index (χ1v) is 7.03. The smallest absolute Gasteiger partial charge is 0.230 e. The third-order valence-corrected chi connectivity index (χ3v) is 4.13. The highest BCUT2D eigenvalue weighted by molar-refractivity contribution is 5.82. The lowest BCUT2D eigenvalue weighted by Gasteiger charge is -2.37. The summed E-state index contributed by atoms with van der Waals surface area (Å²) in [6.07, 6.45) is 7.05. The highest BCUT2D eigenvalue weighted by Crippen LogP contribution is 2.37. The van der Waals surface area contributed by atoms with E-state index in [9.17, 15) is 4.79 Å². The Hall–Kier alpha value is -1.42. The molecule has 0 saturated heterocycles. The minimum Gasteiger partial charge on any atom is -0.339 e. The molecule has 2 rings (SSSR count). The Balaban J connectivity index is 2.05. The molecule has 4 heteroatoms. The molecule has 2 N–H and O–H groups in total. The topological polar surface area (TPSA) is 59.2 Å². The van der Waals surface area contributed by atoms with Gasteiger partial charge in [-0.15, -0.1) is 0 Å². The molecule has 104 valence electrons. The number of pyridine rings is 1. The molecule has 0 bridgehead atoms. The lowest BCUT2D eigenvalue weighted by atomic mass is 9.73. The summed E-state index contributed by atoms with van der Waals surface area (Å²) in [5.41, 5.74) is 6.49. The molecular formula is C15H23N3O. The Morgan fingerprint density at radius 3 is 2.68 bits per heavy atom. The molecule has 0 unspecified atom stereocenters. The lowest BCUT2D eigenvalue weighted by Crippen LogP contribution is -2.47. The monoisotopic (exact) mass is 261 g/mol. The number of carbonyl (C=O) groups is 1. The number of aromatic nitrogens is 1. The minimum absolute atomic E-state index is 0.181. The zero-order valence-electron chi connectivity index (χ0n) is 11.6. The van der Waals surface area contributed by atoms with E-state index in [1.165, 1.54) is 6.42 Å². The summed E-state index contributed by atoms with van der Waals surface area (Å²) in [6, 6.07) is 5.77. The van der Waals surface area contributed by atoms with Gasteiger partial charge in [0.25, 0.3) is 0 Å².